The van der Waals surface area contributed by atoms with Gasteiger partial charge in [-0.25, -0.2) is 0 Å². The number of nitrogens with zero attached hydrogens (tertiary/aromatic N) is 1. The number of unbranched alkanes of at least 4 members (excludes halogenated alkanes) is 1. The largest absolute Gasteiger partial charge is 0.311 e. The van der Waals surface area contributed by atoms with Crippen LogP contribution in [0.5, 0.6) is 0 Å². The van der Waals surface area contributed by atoms with E-state index < -0.39 is 0 Å². The van der Waals surface area contributed by atoms with E-state index in [1.165, 1.54) is 51.7 Å². The Balaban J connectivity index is 2.52. The zero-order valence-corrected chi connectivity index (χ0v) is 12.3. The van der Waals surface area contributed by atoms with Crippen LogP contribution in [0.3, 0.4) is 0 Å². The zero-order chi connectivity index (χ0) is 12.7. The fraction of sp³-hybridized carbons (Fsp3) is 1.00. The van der Waals surface area contributed by atoms with Crippen molar-refractivity contribution in [3.63, 3.8) is 0 Å². The highest BCUT2D eigenvalue weighted by Gasteiger charge is 2.29. The van der Waals surface area contributed by atoms with Crippen molar-refractivity contribution >= 4 is 0 Å². The van der Waals surface area contributed by atoms with Crippen molar-refractivity contribution < 1.29 is 0 Å². The molecule has 0 spiro atoms. The maximum absolute atomic E-state index is 3.75. The first kappa shape index (κ1) is 15.0. The first-order valence-corrected chi connectivity index (χ1v) is 7.70. The Morgan fingerprint density at radius 1 is 1.24 bits per heavy atom. The molecule has 3 unspecified atom stereocenters. The third-order valence-corrected chi connectivity index (χ3v) is 4.28. The van der Waals surface area contributed by atoms with Gasteiger partial charge in [0.05, 0.1) is 0 Å². The molecule has 0 aromatic rings. The van der Waals surface area contributed by atoms with Crippen LogP contribution in [-0.4, -0.2) is 36.6 Å². The van der Waals surface area contributed by atoms with Crippen LogP contribution >= 0.6 is 0 Å². The summed E-state index contributed by atoms with van der Waals surface area (Å²) in [6, 6.07) is 1.50. The molecular weight excluding hydrogens is 208 g/mol. The van der Waals surface area contributed by atoms with Crippen LogP contribution < -0.4 is 5.32 Å². The molecule has 1 saturated heterocycles. The van der Waals surface area contributed by atoms with Crippen LogP contribution in [-0.2, 0) is 0 Å². The lowest BCUT2D eigenvalue weighted by Gasteiger charge is -2.43. The van der Waals surface area contributed by atoms with Gasteiger partial charge < -0.3 is 5.32 Å². The van der Waals surface area contributed by atoms with E-state index in [9.17, 15) is 0 Å². The van der Waals surface area contributed by atoms with Crippen molar-refractivity contribution in [1.82, 2.24) is 10.2 Å². The fourth-order valence-corrected chi connectivity index (χ4v) is 2.89. The Kier molecular flexibility index (Phi) is 7.14. The predicted octanol–water partition coefficient (Wildman–Crippen LogP) is 3.28. The van der Waals surface area contributed by atoms with E-state index in [2.05, 4.69) is 37.9 Å². The van der Waals surface area contributed by atoms with Gasteiger partial charge >= 0.3 is 0 Å². The topological polar surface area (TPSA) is 15.3 Å². The third kappa shape index (κ3) is 4.59. The second-order valence-corrected chi connectivity index (χ2v) is 5.70. The zero-order valence-electron chi connectivity index (χ0n) is 12.3. The van der Waals surface area contributed by atoms with Crippen molar-refractivity contribution in [2.45, 2.75) is 71.9 Å². The summed E-state index contributed by atoms with van der Waals surface area (Å²) in [6.07, 6.45) is 6.60. The number of hydrogen-bond donors (Lipinski definition) is 1. The molecule has 2 heteroatoms. The van der Waals surface area contributed by atoms with E-state index in [1.54, 1.807) is 0 Å². The molecule has 17 heavy (non-hydrogen) atoms. The van der Waals surface area contributed by atoms with Crippen LogP contribution in [0.25, 0.3) is 0 Å². The summed E-state index contributed by atoms with van der Waals surface area (Å²) in [5, 5.41) is 3.75. The van der Waals surface area contributed by atoms with Gasteiger partial charge in [-0.05, 0) is 25.3 Å². The van der Waals surface area contributed by atoms with Gasteiger partial charge in [0.2, 0.25) is 0 Å². The minimum atomic E-state index is 0.733. The molecule has 1 aliphatic rings. The first-order valence-electron chi connectivity index (χ1n) is 7.70. The van der Waals surface area contributed by atoms with Gasteiger partial charge in [0.1, 0.15) is 0 Å². The number of piperazine rings is 1. The molecule has 0 radical (unpaired) electrons. The Morgan fingerprint density at radius 2 is 2.00 bits per heavy atom. The normalized spacial score (nSPS) is 28.2. The lowest BCUT2D eigenvalue weighted by molar-refractivity contribution is 0.0875. The predicted molar refractivity (Wildman–Crippen MR) is 76.4 cm³/mol. The van der Waals surface area contributed by atoms with Crippen LogP contribution in [0.1, 0.15) is 59.8 Å². The van der Waals surface area contributed by atoms with Crippen molar-refractivity contribution in [3.8, 4) is 0 Å². The molecule has 0 aromatic heterocycles. The van der Waals surface area contributed by atoms with E-state index >= 15 is 0 Å². The maximum atomic E-state index is 3.75. The van der Waals surface area contributed by atoms with Crippen LogP contribution in [0.2, 0.25) is 0 Å². The molecule has 0 aliphatic carbocycles. The van der Waals surface area contributed by atoms with E-state index in [0.29, 0.717) is 0 Å². The molecule has 2 nitrogen and oxygen atoms in total. The van der Waals surface area contributed by atoms with Crippen molar-refractivity contribution in [2.75, 3.05) is 19.6 Å². The fourth-order valence-electron chi connectivity index (χ4n) is 2.89. The Hall–Kier alpha value is -0.0800. The lowest BCUT2D eigenvalue weighted by atomic mass is 9.93. The summed E-state index contributed by atoms with van der Waals surface area (Å²) in [5.74, 6) is 0.821. The average molecular weight is 240 g/mol. The molecule has 0 saturated carbocycles. The number of hydrogen-bond acceptors (Lipinski definition) is 2. The van der Waals surface area contributed by atoms with Gasteiger partial charge in [-0.2, -0.15) is 0 Å². The minimum Gasteiger partial charge on any atom is -0.311 e. The van der Waals surface area contributed by atoms with E-state index in [-0.39, 0.29) is 0 Å². The standard InChI is InChI=1S/C15H32N2/c1-5-8-10-17-12-14(9-6-2)16-11-15(17)13(4)7-3/h13-16H,5-12H2,1-4H3. The molecule has 1 rings (SSSR count). The molecule has 0 bridgehead atoms. The van der Waals surface area contributed by atoms with E-state index in [0.717, 1.165) is 18.0 Å². The van der Waals surface area contributed by atoms with Gasteiger partial charge in [0.25, 0.3) is 0 Å². The second kappa shape index (κ2) is 8.10. The summed E-state index contributed by atoms with van der Waals surface area (Å²) >= 11 is 0. The molecule has 1 aliphatic heterocycles. The Morgan fingerprint density at radius 3 is 2.59 bits per heavy atom. The molecule has 1 fully saturated rings. The molecule has 0 amide bonds. The molecular formula is C15H32N2. The smallest absolute Gasteiger partial charge is 0.0246 e. The van der Waals surface area contributed by atoms with Gasteiger partial charge in [-0.15, -0.1) is 0 Å². The van der Waals surface area contributed by atoms with Crippen LogP contribution in [0.4, 0.5) is 0 Å². The van der Waals surface area contributed by atoms with E-state index in [1.807, 2.05) is 0 Å². The van der Waals surface area contributed by atoms with E-state index in [4.69, 9.17) is 0 Å². The molecule has 102 valence electrons. The van der Waals surface area contributed by atoms with Gasteiger partial charge in [0.15, 0.2) is 0 Å². The van der Waals surface area contributed by atoms with Gasteiger partial charge in [-0.3, -0.25) is 4.90 Å². The SMILES string of the molecule is CCCCN1CC(CCC)NCC1C(C)CC. The minimum absolute atomic E-state index is 0.733. The Bertz CT molecular complexity index is 193. The average Bonchev–Trinajstić information content (AvgIpc) is 2.36. The molecule has 1 N–H and O–H groups in total. The van der Waals surface area contributed by atoms with Gasteiger partial charge in [0, 0.05) is 25.2 Å². The quantitative estimate of drug-likeness (QED) is 0.735. The summed E-state index contributed by atoms with van der Waals surface area (Å²) in [6.45, 7) is 13.1. The van der Waals surface area contributed by atoms with Crippen molar-refractivity contribution in [3.05, 3.63) is 0 Å². The summed E-state index contributed by atoms with van der Waals surface area (Å²) in [5.41, 5.74) is 0. The maximum Gasteiger partial charge on any atom is 0.0246 e. The third-order valence-electron chi connectivity index (χ3n) is 4.28. The summed E-state index contributed by atoms with van der Waals surface area (Å²) in [7, 11) is 0. The number of rotatable bonds is 7. The summed E-state index contributed by atoms with van der Waals surface area (Å²) < 4.78 is 0. The highest BCUT2D eigenvalue weighted by Crippen LogP contribution is 2.20. The highest BCUT2D eigenvalue weighted by molar-refractivity contribution is 4.88. The van der Waals surface area contributed by atoms with Crippen molar-refractivity contribution in [2.24, 2.45) is 5.92 Å². The summed E-state index contributed by atoms with van der Waals surface area (Å²) in [4.78, 5) is 2.76. The lowest BCUT2D eigenvalue weighted by Crippen LogP contribution is -2.58. The molecule has 0 aromatic carbocycles. The van der Waals surface area contributed by atoms with Crippen molar-refractivity contribution in [1.29, 1.82) is 0 Å². The van der Waals surface area contributed by atoms with Gasteiger partial charge in [-0.1, -0.05) is 47.0 Å². The second-order valence-electron chi connectivity index (χ2n) is 5.70. The van der Waals surface area contributed by atoms with Crippen LogP contribution in [0, 0.1) is 5.92 Å². The highest BCUT2D eigenvalue weighted by atomic mass is 15.2. The Labute approximate surface area is 108 Å². The molecule has 1 heterocycles. The monoisotopic (exact) mass is 240 g/mol. The first-order chi connectivity index (χ1) is 8.22. The number of nitrogens with one attached hydrogen (secondary N) is 1. The molecule has 3 atom stereocenters. The van der Waals surface area contributed by atoms with Crippen LogP contribution in [0.15, 0.2) is 0 Å².